The van der Waals surface area contributed by atoms with Crippen LogP contribution in [0.15, 0.2) is 18.3 Å². The van der Waals surface area contributed by atoms with Crippen LogP contribution in [0.5, 0.6) is 0 Å². The van der Waals surface area contributed by atoms with E-state index in [1.165, 1.54) is 0 Å². The molecule has 0 amide bonds. The molecule has 82 valence electrons. The third-order valence-corrected chi connectivity index (χ3v) is 2.02. The number of carbonyl (C=O) groups is 1. The van der Waals surface area contributed by atoms with Crippen LogP contribution >= 0.6 is 0 Å². The minimum absolute atomic E-state index is 0.675. The van der Waals surface area contributed by atoms with E-state index >= 15 is 0 Å². The first kappa shape index (κ1) is 11.8. The van der Waals surface area contributed by atoms with Gasteiger partial charge in [0, 0.05) is 31.4 Å². The van der Waals surface area contributed by atoms with Gasteiger partial charge in [-0.2, -0.15) is 0 Å². The Labute approximate surface area is 90.3 Å². The smallest absolute Gasteiger partial charge is 0.150 e. The maximum Gasteiger partial charge on any atom is 0.150 e. The third-order valence-electron chi connectivity index (χ3n) is 2.02. The zero-order valence-electron chi connectivity index (χ0n) is 9.23. The summed E-state index contributed by atoms with van der Waals surface area (Å²) < 4.78 is 0. The van der Waals surface area contributed by atoms with Crippen molar-refractivity contribution >= 4 is 6.29 Å². The first-order valence-corrected chi connectivity index (χ1v) is 4.98. The minimum Gasteiger partial charge on any atom is -0.310 e. The molecule has 0 fully saturated rings. The number of aromatic nitrogens is 1. The first-order valence-electron chi connectivity index (χ1n) is 4.98. The number of hydrogen-bond donors (Lipinski definition) is 1. The van der Waals surface area contributed by atoms with E-state index in [2.05, 4.69) is 15.2 Å². The fourth-order valence-corrected chi connectivity index (χ4v) is 1.19. The summed E-state index contributed by atoms with van der Waals surface area (Å²) in [4.78, 5) is 16.8. The summed E-state index contributed by atoms with van der Waals surface area (Å²) in [6.07, 6.45) is 2.50. The van der Waals surface area contributed by atoms with Crippen LogP contribution in [-0.2, 0) is 6.54 Å². The molecule has 0 unspecified atom stereocenters. The lowest BCUT2D eigenvalue weighted by atomic mass is 10.2. The van der Waals surface area contributed by atoms with E-state index in [4.69, 9.17) is 0 Å². The quantitative estimate of drug-likeness (QED) is 0.546. The molecular formula is C11H17N3O. The SMILES string of the molecule is CN(C)CCNCc1cc(C=O)ccn1. The van der Waals surface area contributed by atoms with Crippen molar-refractivity contribution in [3.8, 4) is 0 Å². The van der Waals surface area contributed by atoms with Crippen molar-refractivity contribution in [3.63, 3.8) is 0 Å². The van der Waals surface area contributed by atoms with Gasteiger partial charge in [0.25, 0.3) is 0 Å². The van der Waals surface area contributed by atoms with Crippen LogP contribution in [-0.4, -0.2) is 43.4 Å². The Bertz CT molecular complexity index is 312. The van der Waals surface area contributed by atoms with Gasteiger partial charge in [0.15, 0.2) is 0 Å². The van der Waals surface area contributed by atoms with Gasteiger partial charge in [-0.1, -0.05) is 0 Å². The summed E-state index contributed by atoms with van der Waals surface area (Å²) in [5.74, 6) is 0. The monoisotopic (exact) mass is 207 g/mol. The Hall–Kier alpha value is -1.26. The summed E-state index contributed by atoms with van der Waals surface area (Å²) in [5.41, 5.74) is 1.58. The van der Waals surface area contributed by atoms with Crippen LogP contribution in [0.1, 0.15) is 16.1 Å². The minimum atomic E-state index is 0.675. The summed E-state index contributed by atoms with van der Waals surface area (Å²) >= 11 is 0. The normalized spacial score (nSPS) is 10.6. The zero-order chi connectivity index (χ0) is 11.1. The highest BCUT2D eigenvalue weighted by atomic mass is 16.1. The maximum absolute atomic E-state index is 10.5. The fourth-order valence-electron chi connectivity index (χ4n) is 1.19. The summed E-state index contributed by atoms with van der Waals surface area (Å²) in [6.45, 7) is 2.61. The molecule has 0 aromatic carbocycles. The molecule has 4 heteroatoms. The Balaban J connectivity index is 2.34. The Kier molecular flexibility index (Phi) is 4.93. The predicted molar refractivity (Wildman–Crippen MR) is 59.9 cm³/mol. The van der Waals surface area contributed by atoms with Crippen molar-refractivity contribution in [1.82, 2.24) is 15.2 Å². The number of pyridine rings is 1. The molecule has 1 heterocycles. The predicted octanol–water partition coefficient (Wildman–Crippen LogP) is 0.545. The molecule has 4 nitrogen and oxygen atoms in total. The van der Waals surface area contributed by atoms with Gasteiger partial charge in [0.2, 0.25) is 0 Å². The average Bonchev–Trinajstić information content (AvgIpc) is 2.24. The molecule has 0 radical (unpaired) electrons. The number of carbonyl (C=O) groups excluding carboxylic acids is 1. The molecule has 15 heavy (non-hydrogen) atoms. The summed E-state index contributed by atoms with van der Waals surface area (Å²) in [5, 5.41) is 3.26. The molecule has 1 N–H and O–H groups in total. The highest BCUT2D eigenvalue weighted by molar-refractivity contribution is 5.74. The Morgan fingerprint density at radius 1 is 1.53 bits per heavy atom. The topological polar surface area (TPSA) is 45.2 Å². The average molecular weight is 207 g/mol. The van der Waals surface area contributed by atoms with Gasteiger partial charge in [-0.15, -0.1) is 0 Å². The second-order valence-corrected chi connectivity index (χ2v) is 3.68. The molecule has 0 aliphatic rings. The molecule has 0 atom stereocenters. The van der Waals surface area contributed by atoms with Crippen LogP contribution < -0.4 is 5.32 Å². The van der Waals surface area contributed by atoms with Gasteiger partial charge < -0.3 is 10.2 Å². The molecule has 0 aliphatic carbocycles. The van der Waals surface area contributed by atoms with Crippen molar-refractivity contribution in [2.45, 2.75) is 6.54 Å². The van der Waals surface area contributed by atoms with E-state index < -0.39 is 0 Å². The lowest BCUT2D eigenvalue weighted by Gasteiger charge is -2.09. The number of hydrogen-bond acceptors (Lipinski definition) is 4. The zero-order valence-corrected chi connectivity index (χ0v) is 9.23. The molecule has 0 saturated carbocycles. The lowest BCUT2D eigenvalue weighted by Crippen LogP contribution is -2.26. The number of aldehydes is 1. The van der Waals surface area contributed by atoms with Gasteiger partial charge >= 0.3 is 0 Å². The standard InChI is InChI=1S/C11H17N3O/c1-14(2)6-5-12-8-11-7-10(9-15)3-4-13-11/h3-4,7,9,12H,5-6,8H2,1-2H3. The molecular weight excluding hydrogens is 190 g/mol. The number of rotatable bonds is 6. The summed E-state index contributed by atoms with van der Waals surface area (Å²) in [7, 11) is 4.07. The van der Waals surface area contributed by atoms with Crippen LogP contribution in [0.4, 0.5) is 0 Å². The van der Waals surface area contributed by atoms with Crippen LogP contribution in [0, 0.1) is 0 Å². The van der Waals surface area contributed by atoms with Crippen molar-refractivity contribution in [2.75, 3.05) is 27.2 Å². The van der Waals surface area contributed by atoms with E-state index in [0.29, 0.717) is 12.1 Å². The van der Waals surface area contributed by atoms with Gasteiger partial charge in [0.1, 0.15) is 6.29 Å². The fraction of sp³-hybridized carbons (Fsp3) is 0.455. The van der Waals surface area contributed by atoms with Gasteiger partial charge in [-0.3, -0.25) is 9.78 Å². The van der Waals surface area contributed by atoms with E-state index in [-0.39, 0.29) is 0 Å². The third kappa shape index (κ3) is 4.67. The van der Waals surface area contributed by atoms with E-state index in [0.717, 1.165) is 25.1 Å². The Morgan fingerprint density at radius 3 is 3.00 bits per heavy atom. The van der Waals surface area contributed by atoms with Gasteiger partial charge in [0.05, 0.1) is 5.69 Å². The van der Waals surface area contributed by atoms with Crippen LogP contribution in [0.2, 0.25) is 0 Å². The molecule has 1 aromatic heterocycles. The second kappa shape index (κ2) is 6.27. The maximum atomic E-state index is 10.5. The van der Waals surface area contributed by atoms with Gasteiger partial charge in [-0.25, -0.2) is 0 Å². The van der Waals surface area contributed by atoms with Crippen molar-refractivity contribution in [1.29, 1.82) is 0 Å². The molecule has 1 aromatic rings. The molecule has 0 bridgehead atoms. The van der Waals surface area contributed by atoms with Gasteiger partial charge in [-0.05, 0) is 26.2 Å². The summed E-state index contributed by atoms with van der Waals surface area (Å²) in [6, 6.07) is 3.51. The van der Waals surface area contributed by atoms with Crippen molar-refractivity contribution < 1.29 is 4.79 Å². The number of nitrogens with zero attached hydrogens (tertiary/aromatic N) is 2. The first-order chi connectivity index (χ1) is 7.22. The van der Waals surface area contributed by atoms with Crippen LogP contribution in [0.3, 0.4) is 0 Å². The van der Waals surface area contributed by atoms with E-state index in [1.807, 2.05) is 14.1 Å². The van der Waals surface area contributed by atoms with E-state index in [1.54, 1.807) is 18.3 Å². The molecule has 0 aliphatic heterocycles. The van der Waals surface area contributed by atoms with E-state index in [9.17, 15) is 4.79 Å². The second-order valence-electron chi connectivity index (χ2n) is 3.68. The Morgan fingerprint density at radius 2 is 2.33 bits per heavy atom. The number of nitrogens with one attached hydrogen (secondary N) is 1. The highest BCUT2D eigenvalue weighted by Gasteiger charge is 1.96. The van der Waals surface area contributed by atoms with Crippen molar-refractivity contribution in [3.05, 3.63) is 29.6 Å². The van der Waals surface area contributed by atoms with Crippen LogP contribution in [0.25, 0.3) is 0 Å². The number of likely N-dealkylation sites (N-methyl/N-ethyl adjacent to an activating group) is 1. The highest BCUT2D eigenvalue weighted by Crippen LogP contribution is 1.98. The molecule has 1 rings (SSSR count). The molecule has 0 saturated heterocycles. The largest absolute Gasteiger partial charge is 0.310 e. The molecule has 0 spiro atoms. The lowest BCUT2D eigenvalue weighted by molar-refractivity contribution is 0.112. The van der Waals surface area contributed by atoms with Crippen molar-refractivity contribution in [2.24, 2.45) is 0 Å².